The van der Waals surface area contributed by atoms with E-state index < -0.39 is 11.7 Å². The second-order valence-corrected chi connectivity index (χ2v) is 9.85. The molecule has 0 N–H and O–H groups in total. The Kier molecular flexibility index (Phi) is 6.11. The van der Waals surface area contributed by atoms with Crippen LogP contribution in [0.2, 0.25) is 0 Å². The number of rotatable bonds is 5. The first-order valence-electron chi connectivity index (χ1n) is 11.4. The van der Waals surface area contributed by atoms with Crippen LogP contribution in [0.3, 0.4) is 0 Å². The maximum Gasteiger partial charge on any atom is 0.417 e. The number of carbonyl (C=O) groups excluding carboxylic acids is 2. The zero-order valence-electron chi connectivity index (χ0n) is 18.7. The fourth-order valence-electron chi connectivity index (χ4n) is 4.81. The van der Waals surface area contributed by atoms with Crippen molar-refractivity contribution in [1.82, 2.24) is 14.8 Å². The van der Waals surface area contributed by atoms with Gasteiger partial charge in [0, 0.05) is 57.3 Å². The molecule has 3 heterocycles. The highest BCUT2D eigenvalue weighted by Crippen LogP contribution is 2.47. The third-order valence-corrected chi connectivity index (χ3v) is 7.24. The fraction of sp³-hybridized carbons (Fsp3) is 0.696. The van der Waals surface area contributed by atoms with Gasteiger partial charge < -0.3 is 14.7 Å². The van der Waals surface area contributed by atoms with E-state index in [1.165, 1.54) is 6.07 Å². The van der Waals surface area contributed by atoms with Crippen LogP contribution in [0, 0.1) is 17.3 Å². The first-order chi connectivity index (χ1) is 15.1. The molecule has 2 saturated heterocycles. The molecule has 3 fully saturated rings. The van der Waals surface area contributed by atoms with Crippen molar-refractivity contribution in [2.45, 2.75) is 45.2 Å². The van der Waals surface area contributed by atoms with E-state index in [-0.39, 0.29) is 29.1 Å². The molecule has 1 aromatic rings. The number of amides is 2. The van der Waals surface area contributed by atoms with Crippen LogP contribution >= 0.6 is 0 Å². The summed E-state index contributed by atoms with van der Waals surface area (Å²) in [4.78, 5) is 35.2. The van der Waals surface area contributed by atoms with Gasteiger partial charge in [0.1, 0.15) is 5.82 Å². The van der Waals surface area contributed by atoms with Crippen LogP contribution in [0.1, 0.15) is 44.6 Å². The molecule has 0 unspecified atom stereocenters. The molecule has 1 saturated carbocycles. The van der Waals surface area contributed by atoms with Gasteiger partial charge in [-0.25, -0.2) is 4.98 Å². The summed E-state index contributed by atoms with van der Waals surface area (Å²) in [5, 5.41) is 0. The molecule has 0 spiro atoms. The number of anilines is 1. The minimum absolute atomic E-state index is 0.0286. The second kappa shape index (κ2) is 8.56. The largest absolute Gasteiger partial charge is 0.417 e. The Labute approximate surface area is 186 Å². The summed E-state index contributed by atoms with van der Waals surface area (Å²) in [6, 6.07) is 2.43. The predicted octanol–water partition coefficient (Wildman–Crippen LogP) is 3.42. The molecule has 2 amide bonds. The van der Waals surface area contributed by atoms with Crippen molar-refractivity contribution in [3.05, 3.63) is 23.9 Å². The molecule has 176 valence electrons. The average Bonchev–Trinajstić information content (AvgIpc) is 3.36. The van der Waals surface area contributed by atoms with Crippen LogP contribution in [-0.2, 0) is 15.8 Å². The Hall–Kier alpha value is -2.32. The zero-order chi connectivity index (χ0) is 23.1. The normalized spacial score (nSPS) is 23.3. The van der Waals surface area contributed by atoms with Gasteiger partial charge >= 0.3 is 6.18 Å². The van der Waals surface area contributed by atoms with Crippen molar-refractivity contribution in [3.63, 3.8) is 0 Å². The minimum Gasteiger partial charge on any atom is -0.359 e. The molecule has 0 aromatic carbocycles. The van der Waals surface area contributed by atoms with Gasteiger partial charge in [-0.05, 0) is 50.2 Å². The number of pyridine rings is 1. The number of carbonyl (C=O) groups is 2. The molecule has 1 aliphatic carbocycles. The Bertz CT molecular complexity index is 846. The number of halogens is 3. The molecule has 3 aliphatic rings. The molecule has 6 nitrogen and oxygen atoms in total. The minimum atomic E-state index is -4.39. The van der Waals surface area contributed by atoms with Crippen molar-refractivity contribution in [1.29, 1.82) is 0 Å². The van der Waals surface area contributed by atoms with E-state index in [9.17, 15) is 22.8 Å². The number of nitrogens with zero attached hydrogens (tertiary/aromatic N) is 4. The summed E-state index contributed by atoms with van der Waals surface area (Å²) in [6.45, 7) is 5.33. The molecular weight excluding hydrogens is 421 g/mol. The van der Waals surface area contributed by atoms with Gasteiger partial charge in [0.25, 0.3) is 0 Å². The summed E-state index contributed by atoms with van der Waals surface area (Å²) in [6.07, 6.45) is 0.708. The summed E-state index contributed by atoms with van der Waals surface area (Å²) in [5.41, 5.74) is -0.918. The lowest BCUT2D eigenvalue weighted by Gasteiger charge is -2.34. The van der Waals surface area contributed by atoms with Crippen LogP contribution in [0.4, 0.5) is 19.0 Å². The molecule has 1 atom stereocenters. The summed E-state index contributed by atoms with van der Waals surface area (Å²) >= 11 is 0. The van der Waals surface area contributed by atoms with E-state index in [1.807, 2.05) is 28.7 Å². The molecule has 2 aliphatic heterocycles. The average molecular weight is 453 g/mol. The topological polar surface area (TPSA) is 56.8 Å². The van der Waals surface area contributed by atoms with Crippen molar-refractivity contribution < 1.29 is 22.8 Å². The van der Waals surface area contributed by atoms with Crippen LogP contribution in [0.5, 0.6) is 0 Å². The van der Waals surface area contributed by atoms with E-state index in [0.717, 1.165) is 44.4 Å². The summed E-state index contributed by atoms with van der Waals surface area (Å²) in [7, 11) is 1.81. The van der Waals surface area contributed by atoms with Crippen molar-refractivity contribution in [3.8, 4) is 0 Å². The van der Waals surface area contributed by atoms with Gasteiger partial charge in [0.15, 0.2) is 0 Å². The second-order valence-electron chi connectivity index (χ2n) is 9.85. The number of alkyl halides is 3. The molecule has 4 rings (SSSR count). The smallest absolute Gasteiger partial charge is 0.359 e. The van der Waals surface area contributed by atoms with Crippen molar-refractivity contribution in [2.75, 3.05) is 44.7 Å². The lowest BCUT2D eigenvalue weighted by atomic mass is 9.94. The standard InChI is InChI=1S/C23H31F3N4O2/c1-22(8-9-22)21(32)29-11-6-17(7-12-29)20(31)30-10-5-16(15-30)14-28(2)19-4-3-18(13-27-19)23(24,25)26/h3-4,13,16-17H,5-12,14-15H2,1-2H3/t16-/m0/s1. The van der Waals surface area contributed by atoms with Crippen LogP contribution < -0.4 is 4.90 Å². The highest BCUT2D eigenvalue weighted by atomic mass is 19.4. The molecule has 9 heteroatoms. The fourth-order valence-corrected chi connectivity index (χ4v) is 4.81. The van der Waals surface area contributed by atoms with Gasteiger partial charge in [-0.2, -0.15) is 13.2 Å². The van der Waals surface area contributed by atoms with E-state index in [2.05, 4.69) is 4.98 Å². The third kappa shape index (κ3) is 4.86. The Morgan fingerprint density at radius 3 is 2.34 bits per heavy atom. The van der Waals surface area contributed by atoms with Gasteiger partial charge in [0.05, 0.1) is 5.56 Å². The van der Waals surface area contributed by atoms with E-state index in [1.54, 1.807) is 0 Å². The van der Waals surface area contributed by atoms with E-state index in [0.29, 0.717) is 38.5 Å². The van der Waals surface area contributed by atoms with E-state index >= 15 is 0 Å². The van der Waals surface area contributed by atoms with Gasteiger partial charge in [-0.15, -0.1) is 0 Å². The molecule has 1 aromatic heterocycles. The van der Waals surface area contributed by atoms with Gasteiger partial charge in [-0.3, -0.25) is 9.59 Å². The summed E-state index contributed by atoms with van der Waals surface area (Å²) in [5.74, 6) is 1.13. The monoisotopic (exact) mass is 452 g/mol. The van der Waals surface area contributed by atoms with E-state index in [4.69, 9.17) is 0 Å². The van der Waals surface area contributed by atoms with Gasteiger partial charge in [-0.1, -0.05) is 6.92 Å². The first kappa shape index (κ1) is 22.9. The first-order valence-corrected chi connectivity index (χ1v) is 11.4. The Balaban J connectivity index is 1.24. The highest BCUT2D eigenvalue weighted by molar-refractivity contribution is 5.85. The van der Waals surface area contributed by atoms with Crippen molar-refractivity contribution >= 4 is 17.6 Å². The zero-order valence-corrected chi connectivity index (χ0v) is 18.7. The molecule has 32 heavy (non-hydrogen) atoms. The number of hydrogen-bond donors (Lipinski definition) is 0. The lowest BCUT2D eigenvalue weighted by molar-refractivity contribution is -0.142. The quantitative estimate of drug-likeness (QED) is 0.687. The number of aromatic nitrogens is 1. The van der Waals surface area contributed by atoms with Crippen LogP contribution in [0.25, 0.3) is 0 Å². The van der Waals surface area contributed by atoms with Crippen LogP contribution in [-0.4, -0.2) is 66.4 Å². The number of piperidine rings is 1. The Morgan fingerprint density at radius 1 is 1.12 bits per heavy atom. The molecular formula is C23H31F3N4O2. The third-order valence-electron chi connectivity index (χ3n) is 7.24. The Morgan fingerprint density at radius 2 is 1.78 bits per heavy atom. The van der Waals surface area contributed by atoms with Crippen LogP contribution in [0.15, 0.2) is 18.3 Å². The predicted molar refractivity (Wildman–Crippen MR) is 114 cm³/mol. The number of hydrogen-bond acceptors (Lipinski definition) is 4. The maximum absolute atomic E-state index is 13.0. The van der Waals surface area contributed by atoms with Gasteiger partial charge in [0.2, 0.25) is 11.8 Å². The molecule has 0 radical (unpaired) electrons. The SMILES string of the molecule is CN(C[C@@H]1CCN(C(=O)C2CCN(C(=O)C3(C)CC3)CC2)C1)c1ccc(C(F)(F)F)cn1. The lowest BCUT2D eigenvalue weighted by Crippen LogP contribution is -2.45. The molecule has 0 bridgehead atoms. The van der Waals surface area contributed by atoms with Crippen molar-refractivity contribution in [2.24, 2.45) is 17.3 Å². The summed E-state index contributed by atoms with van der Waals surface area (Å²) < 4.78 is 38.2. The highest BCUT2D eigenvalue weighted by Gasteiger charge is 2.48. The maximum atomic E-state index is 13.0. The number of likely N-dealkylation sites (tertiary alicyclic amines) is 2.